The van der Waals surface area contributed by atoms with Crippen molar-refractivity contribution in [3.63, 3.8) is 0 Å². The molecular formula is C26H35ClN4O2. The minimum atomic E-state index is 0.167. The highest BCUT2D eigenvalue weighted by molar-refractivity contribution is 6.30. The molecule has 0 atom stereocenters. The Bertz CT molecular complexity index is 1010. The topological polar surface area (TPSA) is 52.4 Å². The molecule has 178 valence electrons. The van der Waals surface area contributed by atoms with Gasteiger partial charge >= 0.3 is 0 Å². The van der Waals surface area contributed by atoms with Gasteiger partial charge in [-0.2, -0.15) is 10.1 Å². The fourth-order valence-corrected chi connectivity index (χ4v) is 4.44. The molecule has 1 saturated heterocycles. The maximum absolute atomic E-state index is 6.11. The second-order valence-electron chi connectivity index (χ2n) is 8.76. The van der Waals surface area contributed by atoms with Gasteiger partial charge in [-0.1, -0.05) is 44.0 Å². The summed E-state index contributed by atoms with van der Waals surface area (Å²) in [6.45, 7) is 9.43. The molecule has 4 rings (SSSR count). The van der Waals surface area contributed by atoms with Crippen LogP contribution in [-0.2, 0) is 17.9 Å². The van der Waals surface area contributed by atoms with E-state index in [1.807, 2.05) is 35.0 Å². The Labute approximate surface area is 201 Å². The third-order valence-electron chi connectivity index (χ3n) is 6.33. The van der Waals surface area contributed by atoms with Gasteiger partial charge in [0.05, 0.1) is 31.6 Å². The van der Waals surface area contributed by atoms with Crippen LogP contribution in [0.25, 0.3) is 11.0 Å². The van der Waals surface area contributed by atoms with Gasteiger partial charge in [0.1, 0.15) is 0 Å². The molecule has 0 spiro atoms. The summed E-state index contributed by atoms with van der Waals surface area (Å²) >= 11 is 6.07. The molecule has 0 amide bonds. The highest BCUT2D eigenvalue weighted by Crippen LogP contribution is 2.24. The van der Waals surface area contributed by atoms with Crippen molar-refractivity contribution in [2.75, 3.05) is 26.2 Å². The number of hydrogen-bond acceptors (Lipinski definition) is 5. The van der Waals surface area contributed by atoms with Crippen LogP contribution in [0.5, 0.6) is 5.88 Å². The molecule has 0 N–H and O–H groups in total. The van der Waals surface area contributed by atoms with Crippen molar-refractivity contribution in [2.24, 2.45) is 0 Å². The van der Waals surface area contributed by atoms with Crippen molar-refractivity contribution in [3.05, 3.63) is 52.7 Å². The highest BCUT2D eigenvalue weighted by atomic mass is 35.5. The largest absolute Gasteiger partial charge is 0.474 e. The Morgan fingerprint density at radius 2 is 1.76 bits per heavy atom. The zero-order chi connectivity index (χ0) is 23.0. The van der Waals surface area contributed by atoms with Crippen molar-refractivity contribution in [3.8, 4) is 5.88 Å². The number of aromatic nitrogens is 3. The van der Waals surface area contributed by atoms with Gasteiger partial charge in [-0.25, -0.2) is 4.68 Å². The molecule has 33 heavy (non-hydrogen) atoms. The Morgan fingerprint density at radius 3 is 2.48 bits per heavy atom. The first-order valence-electron chi connectivity index (χ1n) is 12.2. The normalized spacial score (nSPS) is 14.9. The molecule has 3 aromatic rings. The lowest BCUT2D eigenvalue weighted by Gasteiger charge is -2.25. The predicted molar refractivity (Wildman–Crippen MR) is 133 cm³/mol. The van der Waals surface area contributed by atoms with Crippen LogP contribution in [0.3, 0.4) is 0 Å². The summed E-state index contributed by atoms with van der Waals surface area (Å²) in [6.07, 6.45) is 6.02. The van der Waals surface area contributed by atoms with Gasteiger partial charge in [0, 0.05) is 23.0 Å². The number of benzene rings is 1. The Balaban J connectivity index is 1.51. The van der Waals surface area contributed by atoms with Crippen molar-refractivity contribution >= 4 is 22.6 Å². The van der Waals surface area contributed by atoms with Gasteiger partial charge < -0.3 is 14.4 Å². The lowest BCUT2D eigenvalue weighted by Crippen LogP contribution is -2.32. The van der Waals surface area contributed by atoms with E-state index >= 15 is 0 Å². The van der Waals surface area contributed by atoms with E-state index in [2.05, 4.69) is 24.8 Å². The number of nitrogens with zero attached hydrogens (tertiary/aromatic N) is 4. The number of piperidine rings is 1. The third-order valence-corrected chi connectivity index (χ3v) is 6.58. The van der Waals surface area contributed by atoms with Crippen LogP contribution >= 0.6 is 11.6 Å². The Kier molecular flexibility index (Phi) is 8.59. The standard InChI is InChI=1S/C26H35ClN4O2/c1-3-22(4-2)33-25-13-12-23-24(19-32-17-16-30-14-6-5-7-15-30)29-31(26(23)28-25)18-20-8-10-21(27)11-9-20/h8-13,22H,3-7,14-19H2,1-2H3. The van der Waals surface area contributed by atoms with E-state index < -0.39 is 0 Å². The van der Waals surface area contributed by atoms with Crippen LogP contribution < -0.4 is 4.74 Å². The van der Waals surface area contributed by atoms with Crippen molar-refractivity contribution in [2.45, 2.75) is 65.2 Å². The number of fused-ring (bicyclic) bond motifs is 1. The second kappa shape index (κ2) is 11.8. The molecule has 1 fully saturated rings. The first-order chi connectivity index (χ1) is 16.2. The van der Waals surface area contributed by atoms with Crippen LogP contribution in [-0.4, -0.2) is 52.0 Å². The first kappa shape index (κ1) is 24.0. The lowest BCUT2D eigenvalue weighted by atomic mass is 10.1. The minimum Gasteiger partial charge on any atom is -0.474 e. The van der Waals surface area contributed by atoms with E-state index in [4.69, 9.17) is 31.2 Å². The highest BCUT2D eigenvalue weighted by Gasteiger charge is 2.16. The van der Waals surface area contributed by atoms with Crippen LogP contribution in [0.2, 0.25) is 5.02 Å². The quantitative estimate of drug-likeness (QED) is 0.336. The number of halogens is 1. The van der Waals surface area contributed by atoms with E-state index in [0.717, 1.165) is 53.3 Å². The molecule has 2 aromatic heterocycles. The smallest absolute Gasteiger partial charge is 0.215 e. The van der Waals surface area contributed by atoms with E-state index in [-0.39, 0.29) is 6.10 Å². The molecule has 0 unspecified atom stereocenters. The number of likely N-dealkylation sites (tertiary alicyclic amines) is 1. The summed E-state index contributed by atoms with van der Waals surface area (Å²) in [5, 5.41) is 6.62. The van der Waals surface area contributed by atoms with Crippen LogP contribution in [0.4, 0.5) is 0 Å². The Hall–Kier alpha value is -2.15. The number of hydrogen-bond donors (Lipinski definition) is 0. The van der Waals surface area contributed by atoms with Crippen LogP contribution in [0.15, 0.2) is 36.4 Å². The average Bonchev–Trinajstić information content (AvgIpc) is 3.19. The molecule has 0 aliphatic carbocycles. The van der Waals surface area contributed by atoms with E-state index in [0.29, 0.717) is 19.0 Å². The van der Waals surface area contributed by atoms with E-state index in [1.54, 1.807) is 0 Å². The summed E-state index contributed by atoms with van der Waals surface area (Å²) in [7, 11) is 0. The van der Waals surface area contributed by atoms with Crippen molar-refractivity contribution in [1.82, 2.24) is 19.7 Å². The predicted octanol–water partition coefficient (Wildman–Crippen LogP) is 5.70. The zero-order valence-electron chi connectivity index (χ0n) is 19.8. The molecule has 0 bridgehead atoms. The summed E-state index contributed by atoms with van der Waals surface area (Å²) < 4.78 is 14.1. The maximum atomic E-state index is 6.11. The van der Waals surface area contributed by atoms with Crippen LogP contribution in [0.1, 0.15) is 57.2 Å². The molecule has 6 nitrogen and oxygen atoms in total. The van der Waals surface area contributed by atoms with Crippen molar-refractivity contribution < 1.29 is 9.47 Å². The SMILES string of the molecule is CCC(CC)Oc1ccc2c(COCCN3CCCCC3)nn(Cc3ccc(Cl)cc3)c2n1. The number of rotatable bonds is 11. The Morgan fingerprint density at radius 1 is 1.00 bits per heavy atom. The molecule has 1 aliphatic rings. The van der Waals surface area contributed by atoms with E-state index in [9.17, 15) is 0 Å². The van der Waals surface area contributed by atoms with Gasteiger partial charge in [-0.3, -0.25) is 0 Å². The van der Waals surface area contributed by atoms with Gasteiger partial charge in [0.2, 0.25) is 5.88 Å². The van der Waals surface area contributed by atoms with Gasteiger partial charge in [-0.15, -0.1) is 0 Å². The molecule has 0 saturated carbocycles. The molecule has 7 heteroatoms. The molecule has 1 aromatic carbocycles. The summed E-state index contributed by atoms with van der Waals surface area (Å²) in [5.74, 6) is 0.644. The third kappa shape index (κ3) is 6.46. The number of ether oxygens (including phenoxy) is 2. The maximum Gasteiger partial charge on any atom is 0.215 e. The first-order valence-corrected chi connectivity index (χ1v) is 12.6. The number of pyridine rings is 1. The van der Waals surface area contributed by atoms with Gasteiger partial charge in [0.25, 0.3) is 0 Å². The van der Waals surface area contributed by atoms with Crippen molar-refractivity contribution in [1.29, 1.82) is 0 Å². The summed E-state index contributed by atoms with van der Waals surface area (Å²) in [6, 6.07) is 11.9. The molecule has 3 heterocycles. The average molecular weight is 471 g/mol. The lowest BCUT2D eigenvalue weighted by molar-refractivity contribution is 0.0848. The second-order valence-corrected chi connectivity index (χ2v) is 9.20. The fourth-order valence-electron chi connectivity index (χ4n) is 4.32. The van der Waals surface area contributed by atoms with Gasteiger partial charge in [0.15, 0.2) is 5.65 Å². The molecule has 1 aliphatic heterocycles. The summed E-state index contributed by atoms with van der Waals surface area (Å²) in [5.41, 5.74) is 2.86. The van der Waals surface area contributed by atoms with Crippen LogP contribution in [0, 0.1) is 0 Å². The molecule has 0 radical (unpaired) electrons. The van der Waals surface area contributed by atoms with Gasteiger partial charge in [-0.05, 0) is 62.5 Å². The fraction of sp³-hybridized carbons (Fsp3) is 0.538. The minimum absolute atomic E-state index is 0.167. The van der Waals surface area contributed by atoms with E-state index in [1.165, 1.54) is 32.4 Å². The summed E-state index contributed by atoms with van der Waals surface area (Å²) in [4.78, 5) is 7.33. The molecular weight excluding hydrogens is 436 g/mol. The monoisotopic (exact) mass is 470 g/mol. The zero-order valence-corrected chi connectivity index (χ0v) is 20.6.